The predicted octanol–water partition coefficient (Wildman–Crippen LogP) is 6.15. The van der Waals surface area contributed by atoms with Crippen LogP contribution in [-0.4, -0.2) is 35.7 Å². The summed E-state index contributed by atoms with van der Waals surface area (Å²) in [5, 5.41) is 17.0. The molecule has 0 spiro atoms. The molecule has 5 N–H and O–H groups in total. The summed E-state index contributed by atoms with van der Waals surface area (Å²) < 4.78 is 0. The summed E-state index contributed by atoms with van der Waals surface area (Å²) in [4.78, 5) is 13.2. The van der Waals surface area contributed by atoms with Crippen LogP contribution in [0.5, 0.6) is 5.75 Å². The minimum Gasteiger partial charge on any atom is -0.508 e. The summed E-state index contributed by atoms with van der Waals surface area (Å²) in [6.45, 7) is 6.94. The molecule has 0 aliphatic carbocycles. The van der Waals surface area contributed by atoms with E-state index in [1.54, 1.807) is 12.1 Å². The minimum absolute atomic E-state index is 0. The Bertz CT molecular complexity index is 890. The van der Waals surface area contributed by atoms with Crippen molar-refractivity contribution >= 4 is 48.4 Å². The van der Waals surface area contributed by atoms with Crippen LogP contribution in [0.1, 0.15) is 57.6 Å². The summed E-state index contributed by atoms with van der Waals surface area (Å²) in [5.74, 6) is 0.601. The van der Waals surface area contributed by atoms with E-state index in [9.17, 15) is 9.90 Å². The van der Waals surface area contributed by atoms with Gasteiger partial charge in [-0.15, -0.1) is 24.8 Å². The van der Waals surface area contributed by atoms with Crippen molar-refractivity contribution in [2.45, 2.75) is 71.0 Å². The van der Waals surface area contributed by atoms with Gasteiger partial charge in [0.25, 0.3) is 0 Å². The first-order valence-corrected chi connectivity index (χ1v) is 12.7. The second-order valence-electron chi connectivity index (χ2n) is 9.38. The van der Waals surface area contributed by atoms with Crippen LogP contribution in [-0.2, 0) is 11.2 Å². The van der Waals surface area contributed by atoms with E-state index in [0.717, 1.165) is 36.8 Å². The number of unbranched alkanes of at least 4 members (excludes halogenated alkanes) is 1. The van der Waals surface area contributed by atoms with Gasteiger partial charge in [-0.3, -0.25) is 10.1 Å². The lowest BCUT2D eigenvalue weighted by atomic mass is 9.99. The maximum Gasteiger partial charge on any atom is 0.237 e. The average Bonchev–Trinajstić information content (AvgIpc) is 2.81. The van der Waals surface area contributed by atoms with Crippen LogP contribution in [0.2, 0.25) is 5.02 Å². The van der Waals surface area contributed by atoms with E-state index in [1.807, 2.05) is 36.4 Å². The molecule has 0 unspecified atom stereocenters. The highest BCUT2D eigenvalue weighted by Gasteiger charge is 2.22. The van der Waals surface area contributed by atoms with Gasteiger partial charge in [-0.25, -0.2) is 0 Å². The second-order valence-corrected chi connectivity index (χ2v) is 9.82. The molecule has 0 fully saturated rings. The molecule has 0 saturated carbocycles. The maximum absolute atomic E-state index is 13.2. The van der Waals surface area contributed by atoms with Crippen LogP contribution in [0.25, 0.3) is 6.08 Å². The number of benzene rings is 2. The maximum atomic E-state index is 13.2. The molecule has 8 heteroatoms. The van der Waals surface area contributed by atoms with E-state index in [1.165, 1.54) is 0 Å². The molecule has 2 aromatic carbocycles. The van der Waals surface area contributed by atoms with Crippen molar-refractivity contribution in [2.75, 3.05) is 6.54 Å². The van der Waals surface area contributed by atoms with Gasteiger partial charge in [0.1, 0.15) is 5.75 Å². The first-order valence-electron chi connectivity index (χ1n) is 12.3. The molecule has 1 amide bonds. The number of aromatic hydroxyl groups is 1. The van der Waals surface area contributed by atoms with Crippen LogP contribution in [0.3, 0.4) is 0 Å². The molecule has 2 rings (SSSR count). The Morgan fingerprint density at radius 2 is 1.72 bits per heavy atom. The number of phenolic OH excluding ortho intramolecular Hbond substituents is 1. The molecule has 36 heavy (non-hydrogen) atoms. The number of nitrogens with one attached hydrogen (secondary N) is 2. The molecule has 0 aliphatic rings. The number of carbonyl (C=O) groups excluding carboxylic acids is 1. The van der Waals surface area contributed by atoms with Crippen molar-refractivity contribution in [1.29, 1.82) is 0 Å². The molecule has 0 bridgehead atoms. The van der Waals surface area contributed by atoms with Crippen LogP contribution < -0.4 is 16.4 Å². The summed E-state index contributed by atoms with van der Waals surface area (Å²) >= 11 is 6.01. The van der Waals surface area contributed by atoms with Crippen molar-refractivity contribution in [1.82, 2.24) is 10.6 Å². The lowest BCUT2D eigenvalue weighted by Crippen LogP contribution is -2.51. The highest BCUT2D eigenvalue weighted by Crippen LogP contribution is 2.15. The van der Waals surface area contributed by atoms with Gasteiger partial charge < -0.3 is 16.2 Å². The van der Waals surface area contributed by atoms with Crippen molar-refractivity contribution in [3.63, 3.8) is 0 Å². The highest BCUT2D eigenvalue weighted by atomic mass is 35.5. The third-order valence-corrected chi connectivity index (χ3v) is 5.94. The van der Waals surface area contributed by atoms with Crippen molar-refractivity contribution in [3.8, 4) is 5.75 Å². The first-order chi connectivity index (χ1) is 16.3. The summed E-state index contributed by atoms with van der Waals surface area (Å²) in [7, 11) is 0. The average molecular weight is 559 g/mol. The van der Waals surface area contributed by atoms with Gasteiger partial charge in [0.2, 0.25) is 5.91 Å². The normalized spacial score (nSPS) is 13.5. The number of amides is 1. The van der Waals surface area contributed by atoms with Crippen molar-refractivity contribution in [2.24, 2.45) is 11.7 Å². The molecule has 202 valence electrons. The van der Waals surface area contributed by atoms with Crippen LogP contribution in [0.15, 0.2) is 54.6 Å². The highest BCUT2D eigenvalue weighted by molar-refractivity contribution is 6.30. The Morgan fingerprint density at radius 1 is 1.08 bits per heavy atom. The van der Waals surface area contributed by atoms with Gasteiger partial charge >= 0.3 is 0 Å². The van der Waals surface area contributed by atoms with E-state index in [4.69, 9.17) is 17.3 Å². The lowest BCUT2D eigenvalue weighted by molar-refractivity contribution is -0.123. The molecule has 2 aromatic rings. The van der Waals surface area contributed by atoms with E-state index >= 15 is 0 Å². The zero-order valence-electron chi connectivity index (χ0n) is 21.5. The Balaban J connectivity index is 0.00000612. The van der Waals surface area contributed by atoms with Crippen molar-refractivity contribution in [3.05, 3.63) is 70.8 Å². The molecular formula is C28H42Cl3N3O2. The number of carbonyl (C=O) groups is 1. The fourth-order valence-electron chi connectivity index (χ4n) is 3.79. The molecule has 0 radical (unpaired) electrons. The summed E-state index contributed by atoms with van der Waals surface area (Å²) in [6.07, 6.45) is 8.62. The Hall–Kier alpha value is -1.76. The minimum atomic E-state index is -0.429. The quantitative estimate of drug-likeness (QED) is 0.224. The van der Waals surface area contributed by atoms with Gasteiger partial charge in [0.15, 0.2) is 0 Å². The SMILES string of the molecule is CCCC[C@H](N)CNC(=O)[C@H](Cc1ccc(O)cc1)N[C@H](/C=C\c1ccc(Cl)cc1)CC(C)C.Cl.Cl. The number of nitrogens with two attached hydrogens (primary N) is 1. The van der Waals surface area contributed by atoms with E-state index in [2.05, 4.69) is 43.6 Å². The van der Waals surface area contributed by atoms with E-state index in [0.29, 0.717) is 23.9 Å². The number of hydrogen-bond donors (Lipinski definition) is 4. The van der Waals surface area contributed by atoms with E-state index in [-0.39, 0.29) is 48.6 Å². The van der Waals surface area contributed by atoms with Gasteiger partial charge in [-0.1, -0.05) is 81.6 Å². The van der Waals surface area contributed by atoms with E-state index < -0.39 is 6.04 Å². The molecule has 0 aliphatic heterocycles. The monoisotopic (exact) mass is 557 g/mol. The van der Waals surface area contributed by atoms with Crippen molar-refractivity contribution < 1.29 is 9.90 Å². The third-order valence-electron chi connectivity index (χ3n) is 5.69. The smallest absolute Gasteiger partial charge is 0.237 e. The Kier molecular flexibility index (Phi) is 17.6. The second kappa shape index (κ2) is 18.5. The fraction of sp³-hybridized carbons (Fsp3) is 0.464. The predicted molar refractivity (Wildman–Crippen MR) is 157 cm³/mol. The summed E-state index contributed by atoms with van der Waals surface area (Å²) in [6, 6.07) is 14.2. The number of phenols is 1. The van der Waals surface area contributed by atoms with Gasteiger partial charge in [0.05, 0.1) is 6.04 Å². The first kappa shape index (κ1) is 34.2. The standard InChI is InChI=1S/C28H40ClN3O2.2ClH/c1-4-5-6-24(30)19-31-28(34)27(18-22-10-15-26(33)16-11-22)32-25(17-20(2)3)14-9-21-7-12-23(29)13-8-21;;/h7-16,20,24-25,27,32-33H,4-6,17-19,30H2,1-3H3,(H,31,34);2*1H/b14-9-;;/t24-,25+,27-;;/m0../s1. The molecule has 3 atom stereocenters. The zero-order valence-corrected chi connectivity index (χ0v) is 23.8. The number of halogens is 3. The molecule has 0 saturated heterocycles. The zero-order chi connectivity index (χ0) is 24.9. The molecular weight excluding hydrogens is 517 g/mol. The molecule has 0 heterocycles. The Labute approximate surface area is 234 Å². The Morgan fingerprint density at radius 3 is 2.31 bits per heavy atom. The van der Waals surface area contributed by atoms with Gasteiger partial charge in [-0.05, 0) is 60.6 Å². The third kappa shape index (κ3) is 13.5. The largest absolute Gasteiger partial charge is 0.508 e. The van der Waals surface area contributed by atoms with Crippen LogP contribution in [0.4, 0.5) is 0 Å². The fourth-order valence-corrected chi connectivity index (χ4v) is 3.91. The number of rotatable bonds is 14. The number of hydrogen-bond acceptors (Lipinski definition) is 4. The lowest BCUT2D eigenvalue weighted by Gasteiger charge is -2.25. The van der Waals surface area contributed by atoms with Crippen LogP contribution >= 0.6 is 36.4 Å². The van der Waals surface area contributed by atoms with Gasteiger partial charge in [0, 0.05) is 23.7 Å². The topological polar surface area (TPSA) is 87.4 Å². The molecule has 5 nitrogen and oxygen atoms in total. The van der Waals surface area contributed by atoms with Crippen LogP contribution in [0, 0.1) is 5.92 Å². The summed E-state index contributed by atoms with van der Waals surface area (Å²) in [5.41, 5.74) is 8.22. The van der Waals surface area contributed by atoms with Gasteiger partial charge in [-0.2, -0.15) is 0 Å². The molecule has 0 aromatic heterocycles.